The molecule has 3 nitrogen and oxygen atoms in total. The van der Waals surface area contributed by atoms with E-state index in [0.717, 1.165) is 6.07 Å². The Labute approximate surface area is 68.5 Å². The van der Waals surface area contributed by atoms with Crippen LogP contribution >= 0.6 is 11.6 Å². The molecule has 0 aromatic heterocycles. The molecule has 0 amide bonds. The van der Waals surface area contributed by atoms with Crippen LogP contribution in [0.5, 0.6) is 17.2 Å². The summed E-state index contributed by atoms with van der Waals surface area (Å²) in [7, 11) is 0. The summed E-state index contributed by atoms with van der Waals surface area (Å²) in [5, 5.41) is 26.9. The van der Waals surface area contributed by atoms with E-state index >= 15 is 0 Å². The Morgan fingerprint density at radius 1 is 1.00 bits per heavy atom. The molecule has 0 aliphatic rings. The molecule has 60 valence electrons. The Morgan fingerprint density at radius 3 is 2.09 bits per heavy atom. The van der Waals surface area contributed by atoms with Crippen LogP contribution in [0.15, 0.2) is 12.1 Å². The number of rotatable bonds is 1. The lowest BCUT2D eigenvalue weighted by molar-refractivity contribution is 0.395. The zero-order valence-corrected chi connectivity index (χ0v) is 6.34. The van der Waals surface area contributed by atoms with Crippen LogP contribution in [0.3, 0.4) is 0 Å². The fourth-order valence-electron chi connectivity index (χ4n) is 0.716. The second-order valence-corrected chi connectivity index (χ2v) is 2.37. The van der Waals surface area contributed by atoms with Gasteiger partial charge in [0.2, 0.25) is 0 Å². The molecule has 0 spiro atoms. The van der Waals surface area contributed by atoms with Gasteiger partial charge in [-0.25, -0.2) is 0 Å². The third-order valence-corrected chi connectivity index (χ3v) is 1.61. The fourth-order valence-corrected chi connectivity index (χ4v) is 0.930. The highest BCUT2D eigenvalue weighted by molar-refractivity contribution is 6.17. The number of hydrogen-bond acceptors (Lipinski definition) is 3. The van der Waals surface area contributed by atoms with Gasteiger partial charge in [-0.15, -0.1) is 11.6 Å². The largest absolute Gasteiger partial charge is 0.507 e. The second-order valence-electron chi connectivity index (χ2n) is 2.10. The maximum Gasteiger partial charge on any atom is 0.161 e. The molecule has 0 atom stereocenters. The Bertz CT molecular complexity index is 273. The molecule has 0 heterocycles. The summed E-state index contributed by atoms with van der Waals surface area (Å²) in [6, 6.07) is 2.27. The summed E-state index contributed by atoms with van der Waals surface area (Å²) in [4.78, 5) is 0. The Hall–Kier alpha value is -1.09. The topological polar surface area (TPSA) is 60.7 Å². The third-order valence-electron chi connectivity index (χ3n) is 1.32. The quantitative estimate of drug-likeness (QED) is 0.344. The molecule has 0 bridgehead atoms. The minimum atomic E-state index is -0.351. The average Bonchev–Trinajstić information content (AvgIpc) is 1.97. The number of phenolic OH excluding ortho intramolecular Hbond substituents is 3. The number of halogens is 1. The van der Waals surface area contributed by atoms with Crippen molar-refractivity contribution in [3.8, 4) is 17.2 Å². The van der Waals surface area contributed by atoms with Gasteiger partial charge in [-0.3, -0.25) is 0 Å². The molecule has 0 saturated heterocycles. The van der Waals surface area contributed by atoms with Crippen LogP contribution in [0.25, 0.3) is 0 Å². The zero-order valence-electron chi connectivity index (χ0n) is 5.58. The van der Waals surface area contributed by atoms with Crippen molar-refractivity contribution in [3.05, 3.63) is 17.7 Å². The standard InChI is InChI=1S/C7H7ClO3/c8-3-4-1-6(10)7(11)2-5(4)9/h1-2,9-11H,3H2. The highest BCUT2D eigenvalue weighted by Crippen LogP contribution is 2.32. The summed E-state index contributed by atoms with van der Waals surface area (Å²) in [5.41, 5.74) is 0.391. The van der Waals surface area contributed by atoms with Crippen molar-refractivity contribution >= 4 is 11.6 Å². The van der Waals surface area contributed by atoms with Gasteiger partial charge < -0.3 is 15.3 Å². The van der Waals surface area contributed by atoms with Gasteiger partial charge in [-0.1, -0.05) is 0 Å². The molecular formula is C7H7ClO3. The van der Waals surface area contributed by atoms with Crippen molar-refractivity contribution in [2.24, 2.45) is 0 Å². The second kappa shape index (κ2) is 2.88. The molecule has 0 unspecified atom stereocenters. The number of aromatic hydroxyl groups is 3. The van der Waals surface area contributed by atoms with Crippen molar-refractivity contribution in [1.29, 1.82) is 0 Å². The Morgan fingerprint density at radius 2 is 1.55 bits per heavy atom. The molecule has 4 heteroatoms. The van der Waals surface area contributed by atoms with Crippen LogP contribution in [-0.2, 0) is 5.88 Å². The van der Waals surface area contributed by atoms with E-state index in [1.807, 2.05) is 0 Å². The van der Waals surface area contributed by atoms with E-state index in [9.17, 15) is 0 Å². The normalized spacial score (nSPS) is 9.91. The van der Waals surface area contributed by atoms with Crippen molar-refractivity contribution in [2.75, 3.05) is 0 Å². The summed E-state index contributed by atoms with van der Waals surface area (Å²) in [5.74, 6) is -0.648. The zero-order chi connectivity index (χ0) is 8.43. The lowest BCUT2D eigenvalue weighted by atomic mass is 10.2. The van der Waals surface area contributed by atoms with E-state index in [1.165, 1.54) is 6.07 Å². The predicted molar refractivity (Wildman–Crippen MR) is 41.0 cm³/mol. The monoisotopic (exact) mass is 174 g/mol. The van der Waals surface area contributed by atoms with Gasteiger partial charge in [0.1, 0.15) is 5.75 Å². The van der Waals surface area contributed by atoms with Crippen molar-refractivity contribution < 1.29 is 15.3 Å². The maximum absolute atomic E-state index is 9.06. The molecule has 1 aromatic carbocycles. The minimum Gasteiger partial charge on any atom is -0.507 e. The smallest absolute Gasteiger partial charge is 0.161 e. The summed E-state index contributed by atoms with van der Waals surface area (Å²) < 4.78 is 0. The van der Waals surface area contributed by atoms with E-state index < -0.39 is 0 Å². The van der Waals surface area contributed by atoms with E-state index in [1.54, 1.807) is 0 Å². The Kier molecular flexibility index (Phi) is 2.10. The summed E-state index contributed by atoms with van der Waals surface area (Å²) in [6.45, 7) is 0. The van der Waals surface area contributed by atoms with Crippen LogP contribution in [-0.4, -0.2) is 15.3 Å². The van der Waals surface area contributed by atoms with Crippen LogP contribution < -0.4 is 0 Å². The first-order chi connectivity index (χ1) is 5.15. The van der Waals surface area contributed by atoms with E-state index in [2.05, 4.69) is 0 Å². The van der Waals surface area contributed by atoms with Crippen molar-refractivity contribution in [3.63, 3.8) is 0 Å². The maximum atomic E-state index is 9.06. The number of alkyl halides is 1. The number of hydrogen-bond donors (Lipinski definition) is 3. The van der Waals surface area contributed by atoms with Gasteiger partial charge in [0, 0.05) is 11.6 Å². The molecule has 0 aliphatic heterocycles. The van der Waals surface area contributed by atoms with Gasteiger partial charge in [-0.05, 0) is 6.07 Å². The summed E-state index contributed by atoms with van der Waals surface area (Å²) >= 11 is 5.40. The van der Waals surface area contributed by atoms with E-state index in [4.69, 9.17) is 26.9 Å². The molecule has 0 saturated carbocycles. The van der Waals surface area contributed by atoms with Gasteiger partial charge in [0.15, 0.2) is 11.5 Å². The lowest BCUT2D eigenvalue weighted by Crippen LogP contribution is -1.79. The molecular weight excluding hydrogens is 168 g/mol. The highest BCUT2D eigenvalue weighted by atomic mass is 35.5. The molecule has 0 fully saturated rings. The van der Waals surface area contributed by atoms with E-state index in [-0.39, 0.29) is 23.1 Å². The van der Waals surface area contributed by atoms with Gasteiger partial charge in [0.25, 0.3) is 0 Å². The van der Waals surface area contributed by atoms with Crippen LogP contribution in [0, 0.1) is 0 Å². The molecule has 11 heavy (non-hydrogen) atoms. The predicted octanol–water partition coefficient (Wildman–Crippen LogP) is 1.54. The SMILES string of the molecule is Oc1cc(O)c(CCl)cc1O. The van der Waals surface area contributed by atoms with Crippen molar-refractivity contribution in [1.82, 2.24) is 0 Å². The minimum absolute atomic E-state index is 0.0969. The van der Waals surface area contributed by atoms with Gasteiger partial charge in [-0.2, -0.15) is 0 Å². The molecule has 0 aliphatic carbocycles. The summed E-state index contributed by atoms with van der Waals surface area (Å²) in [6.07, 6.45) is 0. The first-order valence-electron chi connectivity index (χ1n) is 2.95. The molecule has 1 rings (SSSR count). The first kappa shape index (κ1) is 8.01. The molecule has 3 N–H and O–H groups in total. The number of benzene rings is 1. The van der Waals surface area contributed by atoms with Crippen LogP contribution in [0.2, 0.25) is 0 Å². The third kappa shape index (κ3) is 1.49. The highest BCUT2D eigenvalue weighted by Gasteiger charge is 2.05. The molecule has 1 aromatic rings. The average molecular weight is 175 g/mol. The fraction of sp³-hybridized carbons (Fsp3) is 0.143. The van der Waals surface area contributed by atoms with E-state index in [0.29, 0.717) is 5.56 Å². The van der Waals surface area contributed by atoms with Gasteiger partial charge in [0.05, 0.1) is 5.88 Å². The molecule has 0 radical (unpaired) electrons. The first-order valence-corrected chi connectivity index (χ1v) is 3.48. The van der Waals surface area contributed by atoms with Crippen LogP contribution in [0.4, 0.5) is 0 Å². The number of phenols is 3. The lowest BCUT2D eigenvalue weighted by Gasteiger charge is -2.02. The Balaban J connectivity index is 3.21. The van der Waals surface area contributed by atoms with Gasteiger partial charge >= 0.3 is 0 Å². The van der Waals surface area contributed by atoms with Crippen molar-refractivity contribution in [2.45, 2.75) is 5.88 Å². The van der Waals surface area contributed by atoms with Crippen LogP contribution in [0.1, 0.15) is 5.56 Å².